The zero-order chi connectivity index (χ0) is 6.69. The number of hydrogen-bond acceptors (Lipinski definition) is 1. The van der Waals surface area contributed by atoms with Gasteiger partial charge in [-0.1, -0.05) is 23.3 Å². The number of rotatable bonds is 1. The summed E-state index contributed by atoms with van der Waals surface area (Å²) in [6.45, 7) is 2.88. The Morgan fingerprint density at radius 2 is 2.10 bits per heavy atom. The monoisotopic (exact) mass is 159 g/mol. The second kappa shape index (κ2) is 4.53. The van der Waals surface area contributed by atoms with Gasteiger partial charge in [0.25, 0.3) is 0 Å². The molecule has 1 nitrogen and oxygen atoms in total. The lowest BCUT2D eigenvalue weighted by atomic mass is 10.00. The Hall–Kier alpha value is -0.270. The Kier molecular flexibility index (Phi) is 4.41. The van der Waals surface area contributed by atoms with Gasteiger partial charge >= 0.3 is 0 Å². The topological polar surface area (TPSA) is 26.0 Å². The highest BCUT2D eigenvalue weighted by Crippen LogP contribution is 2.15. The van der Waals surface area contributed by atoms with Gasteiger partial charge in [-0.3, -0.25) is 0 Å². The molecule has 0 aromatic carbocycles. The molecule has 0 saturated heterocycles. The summed E-state index contributed by atoms with van der Waals surface area (Å²) < 4.78 is 0. The Labute approximate surface area is 68.4 Å². The van der Waals surface area contributed by atoms with Crippen LogP contribution in [0.1, 0.15) is 19.8 Å². The summed E-state index contributed by atoms with van der Waals surface area (Å²) in [5, 5.41) is 0. The Morgan fingerprint density at radius 3 is 2.50 bits per heavy atom. The molecule has 10 heavy (non-hydrogen) atoms. The van der Waals surface area contributed by atoms with Crippen molar-refractivity contribution in [3.8, 4) is 0 Å². The van der Waals surface area contributed by atoms with Gasteiger partial charge in [-0.15, -0.1) is 12.4 Å². The van der Waals surface area contributed by atoms with Crippen molar-refractivity contribution in [2.24, 2.45) is 5.73 Å². The second-order valence-corrected chi connectivity index (χ2v) is 2.54. The van der Waals surface area contributed by atoms with Gasteiger partial charge in [-0.25, -0.2) is 0 Å². The van der Waals surface area contributed by atoms with E-state index in [9.17, 15) is 0 Å². The first-order chi connectivity index (χ1) is 4.33. The quantitative estimate of drug-likeness (QED) is 0.623. The molecule has 0 spiro atoms. The first kappa shape index (κ1) is 9.73. The van der Waals surface area contributed by atoms with Crippen molar-refractivity contribution in [1.29, 1.82) is 0 Å². The van der Waals surface area contributed by atoms with Gasteiger partial charge in [0.05, 0.1) is 0 Å². The number of halogens is 1. The molecule has 2 N–H and O–H groups in total. The minimum atomic E-state index is 0. The van der Waals surface area contributed by atoms with E-state index in [1.807, 2.05) is 0 Å². The van der Waals surface area contributed by atoms with Crippen molar-refractivity contribution in [3.05, 3.63) is 23.3 Å². The lowest BCUT2D eigenvalue weighted by Gasteiger charge is -2.08. The van der Waals surface area contributed by atoms with E-state index in [0.717, 1.165) is 6.54 Å². The molecular weight excluding hydrogens is 146 g/mol. The summed E-state index contributed by atoms with van der Waals surface area (Å²) in [5.74, 6) is 0. The van der Waals surface area contributed by atoms with Crippen molar-refractivity contribution in [3.63, 3.8) is 0 Å². The van der Waals surface area contributed by atoms with Crippen molar-refractivity contribution in [1.82, 2.24) is 0 Å². The van der Waals surface area contributed by atoms with Crippen molar-refractivity contribution >= 4 is 12.4 Å². The van der Waals surface area contributed by atoms with Crippen molar-refractivity contribution < 1.29 is 0 Å². The van der Waals surface area contributed by atoms with Crippen LogP contribution in [0.3, 0.4) is 0 Å². The lowest BCUT2D eigenvalue weighted by Crippen LogP contribution is -2.04. The van der Waals surface area contributed by atoms with E-state index < -0.39 is 0 Å². The number of allylic oxidation sites excluding steroid dienone is 3. The lowest BCUT2D eigenvalue weighted by molar-refractivity contribution is 0.874. The maximum absolute atomic E-state index is 5.45. The molecule has 1 aliphatic rings. The van der Waals surface area contributed by atoms with Crippen LogP contribution in [-0.2, 0) is 0 Å². The minimum absolute atomic E-state index is 0. The van der Waals surface area contributed by atoms with Crippen LogP contribution in [0.15, 0.2) is 23.3 Å². The van der Waals surface area contributed by atoms with Crippen molar-refractivity contribution in [2.75, 3.05) is 6.54 Å². The summed E-state index contributed by atoms with van der Waals surface area (Å²) in [4.78, 5) is 0. The van der Waals surface area contributed by atoms with E-state index in [0.29, 0.717) is 0 Å². The largest absolute Gasteiger partial charge is 0.327 e. The average molecular weight is 160 g/mol. The second-order valence-electron chi connectivity index (χ2n) is 2.54. The summed E-state index contributed by atoms with van der Waals surface area (Å²) in [5.41, 5.74) is 8.29. The maximum Gasteiger partial charge on any atom is 0.0140 e. The summed E-state index contributed by atoms with van der Waals surface area (Å²) in [6, 6.07) is 0. The molecule has 0 saturated carbocycles. The van der Waals surface area contributed by atoms with Gasteiger partial charge in [0, 0.05) is 6.54 Å². The van der Waals surface area contributed by atoms with E-state index >= 15 is 0 Å². The third-order valence-electron chi connectivity index (χ3n) is 1.71. The van der Waals surface area contributed by atoms with Crippen LogP contribution in [0.2, 0.25) is 0 Å². The first-order valence-electron chi connectivity index (χ1n) is 3.38. The highest BCUT2D eigenvalue weighted by molar-refractivity contribution is 5.85. The first-order valence-corrected chi connectivity index (χ1v) is 3.38. The smallest absolute Gasteiger partial charge is 0.0140 e. The van der Waals surface area contributed by atoms with E-state index in [-0.39, 0.29) is 12.4 Å². The van der Waals surface area contributed by atoms with Gasteiger partial charge in [0.1, 0.15) is 0 Å². The highest BCUT2D eigenvalue weighted by atomic mass is 35.5. The van der Waals surface area contributed by atoms with E-state index in [1.165, 1.54) is 24.0 Å². The van der Waals surface area contributed by atoms with Gasteiger partial charge < -0.3 is 5.73 Å². The average Bonchev–Trinajstić information content (AvgIpc) is 1.90. The molecule has 0 aromatic rings. The summed E-state index contributed by atoms with van der Waals surface area (Å²) in [7, 11) is 0. The molecule has 0 bridgehead atoms. The predicted molar refractivity (Wildman–Crippen MR) is 47.4 cm³/mol. The molecule has 2 heteroatoms. The van der Waals surface area contributed by atoms with Crippen LogP contribution in [0, 0.1) is 0 Å². The Bertz CT molecular complexity index is 159. The predicted octanol–water partition coefficient (Wildman–Crippen LogP) is 2.03. The van der Waals surface area contributed by atoms with Crippen LogP contribution in [0.25, 0.3) is 0 Å². The fourth-order valence-corrected chi connectivity index (χ4v) is 0.955. The molecular formula is C8H14ClN. The molecule has 0 aliphatic heterocycles. The van der Waals surface area contributed by atoms with Gasteiger partial charge in [0.2, 0.25) is 0 Å². The molecule has 0 atom stereocenters. The van der Waals surface area contributed by atoms with Gasteiger partial charge in [-0.2, -0.15) is 0 Å². The van der Waals surface area contributed by atoms with Crippen LogP contribution in [-0.4, -0.2) is 6.54 Å². The molecule has 0 aromatic heterocycles. The van der Waals surface area contributed by atoms with Gasteiger partial charge in [0.15, 0.2) is 0 Å². The fraction of sp³-hybridized carbons (Fsp3) is 0.500. The maximum atomic E-state index is 5.45. The molecule has 0 heterocycles. The highest BCUT2D eigenvalue weighted by Gasteiger charge is 1.99. The molecule has 1 rings (SSSR count). The minimum Gasteiger partial charge on any atom is -0.327 e. The van der Waals surface area contributed by atoms with Gasteiger partial charge in [-0.05, 0) is 19.8 Å². The van der Waals surface area contributed by atoms with E-state index in [1.54, 1.807) is 0 Å². The molecule has 0 radical (unpaired) electrons. The molecule has 0 amide bonds. The normalized spacial score (nSPS) is 17.0. The van der Waals surface area contributed by atoms with Crippen LogP contribution in [0.5, 0.6) is 0 Å². The fourth-order valence-electron chi connectivity index (χ4n) is 0.955. The standard InChI is InChI=1S/C8H13N.ClH/c1-7-2-4-8(6-9)5-3-7;/h2,4H,3,5-6,9H2,1H3;1H. The van der Waals surface area contributed by atoms with E-state index in [4.69, 9.17) is 5.73 Å². The third kappa shape index (κ3) is 2.54. The Morgan fingerprint density at radius 1 is 1.40 bits per heavy atom. The van der Waals surface area contributed by atoms with E-state index in [2.05, 4.69) is 19.1 Å². The molecule has 58 valence electrons. The molecule has 1 aliphatic carbocycles. The molecule has 0 unspecified atom stereocenters. The SMILES string of the molecule is CC1=CC=C(CN)CC1.Cl. The number of nitrogens with two attached hydrogens (primary N) is 1. The number of hydrogen-bond donors (Lipinski definition) is 1. The summed E-state index contributed by atoms with van der Waals surface area (Å²) in [6.07, 6.45) is 6.66. The van der Waals surface area contributed by atoms with Crippen LogP contribution < -0.4 is 5.73 Å². The van der Waals surface area contributed by atoms with Crippen LogP contribution >= 0.6 is 12.4 Å². The third-order valence-corrected chi connectivity index (χ3v) is 1.71. The Balaban J connectivity index is 0.000000810. The molecule has 0 fully saturated rings. The zero-order valence-corrected chi connectivity index (χ0v) is 7.08. The van der Waals surface area contributed by atoms with Crippen LogP contribution in [0.4, 0.5) is 0 Å². The zero-order valence-electron chi connectivity index (χ0n) is 6.26. The van der Waals surface area contributed by atoms with Crippen molar-refractivity contribution in [2.45, 2.75) is 19.8 Å². The summed E-state index contributed by atoms with van der Waals surface area (Å²) >= 11 is 0.